The van der Waals surface area contributed by atoms with E-state index >= 15 is 0 Å². The van der Waals surface area contributed by atoms with Crippen LogP contribution in [0.5, 0.6) is 0 Å². The zero-order chi connectivity index (χ0) is 16.1. The third-order valence-electron chi connectivity index (χ3n) is 3.72. The first kappa shape index (κ1) is 16.3. The molecule has 0 amide bonds. The van der Waals surface area contributed by atoms with Crippen molar-refractivity contribution in [1.82, 2.24) is 10.1 Å². The Hall–Kier alpha value is -1.60. The smallest absolute Gasteiger partial charge is 0.239 e. The number of aromatic nitrogens is 2. The minimum absolute atomic E-state index is 0.0752. The lowest BCUT2D eigenvalue weighted by Crippen LogP contribution is -2.25. The Balaban J connectivity index is 1.52. The fourth-order valence-electron chi connectivity index (χ4n) is 2.55. The molecule has 1 saturated heterocycles. The Bertz CT molecular complexity index is 654. The second kappa shape index (κ2) is 7.79. The number of halogens is 1. The highest BCUT2D eigenvalue weighted by molar-refractivity contribution is 7.84. The van der Waals surface area contributed by atoms with Crippen molar-refractivity contribution in [2.24, 2.45) is 0 Å². The quantitative estimate of drug-likeness (QED) is 0.810. The van der Waals surface area contributed by atoms with Crippen LogP contribution in [0.3, 0.4) is 0 Å². The van der Waals surface area contributed by atoms with Crippen LogP contribution in [0, 0.1) is 5.82 Å². The lowest BCUT2D eigenvalue weighted by molar-refractivity contribution is 0.0310. The number of rotatable bonds is 6. The molecule has 0 saturated carbocycles. The molecule has 7 heteroatoms. The molecule has 1 fully saturated rings. The van der Waals surface area contributed by atoms with Crippen molar-refractivity contribution in [3.8, 4) is 0 Å². The maximum atomic E-state index is 12.9. The number of benzene rings is 1. The predicted molar refractivity (Wildman–Crippen MR) is 83.8 cm³/mol. The average molecular weight is 338 g/mol. The van der Waals surface area contributed by atoms with E-state index in [1.165, 1.54) is 12.1 Å². The van der Waals surface area contributed by atoms with Crippen LogP contribution in [0.15, 0.2) is 28.8 Å². The van der Waals surface area contributed by atoms with E-state index < -0.39 is 10.8 Å². The van der Waals surface area contributed by atoms with Crippen LogP contribution in [-0.4, -0.2) is 32.8 Å². The van der Waals surface area contributed by atoms with Gasteiger partial charge in [-0.2, -0.15) is 4.98 Å². The maximum Gasteiger partial charge on any atom is 0.239 e. The minimum atomic E-state index is -1.08. The van der Waals surface area contributed by atoms with Crippen molar-refractivity contribution in [2.45, 2.75) is 37.5 Å². The second-order valence-electron chi connectivity index (χ2n) is 5.65. The van der Waals surface area contributed by atoms with Gasteiger partial charge in [-0.15, -0.1) is 0 Å². The Kier molecular flexibility index (Phi) is 5.51. The van der Waals surface area contributed by atoms with Crippen molar-refractivity contribution in [1.29, 1.82) is 0 Å². The SMILES string of the molecule is O=[S@@](Cc1nc(Cc2ccc(F)cc2)no1)C[C@@H]1CCCCO1. The van der Waals surface area contributed by atoms with Gasteiger partial charge in [-0.25, -0.2) is 4.39 Å². The zero-order valence-corrected chi connectivity index (χ0v) is 13.6. The lowest BCUT2D eigenvalue weighted by Gasteiger charge is -2.21. The molecule has 0 unspecified atom stereocenters. The molecule has 1 aliphatic rings. The van der Waals surface area contributed by atoms with Crippen LogP contribution in [0.1, 0.15) is 36.5 Å². The number of hydrogen-bond donors (Lipinski definition) is 0. The molecular weight excluding hydrogens is 319 g/mol. The molecule has 3 rings (SSSR count). The fraction of sp³-hybridized carbons (Fsp3) is 0.500. The van der Waals surface area contributed by atoms with E-state index in [9.17, 15) is 8.60 Å². The van der Waals surface area contributed by atoms with Crippen LogP contribution < -0.4 is 0 Å². The van der Waals surface area contributed by atoms with E-state index in [2.05, 4.69) is 10.1 Å². The topological polar surface area (TPSA) is 65.2 Å². The summed E-state index contributed by atoms with van der Waals surface area (Å²) in [5, 5.41) is 3.89. The van der Waals surface area contributed by atoms with Crippen LogP contribution >= 0.6 is 0 Å². The first-order valence-corrected chi connectivity index (χ1v) is 9.20. The Labute approximate surface area is 136 Å². The molecule has 2 heterocycles. The second-order valence-corrected chi connectivity index (χ2v) is 7.15. The zero-order valence-electron chi connectivity index (χ0n) is 12.7. The van der Waals surface area contributed by atoms with Gasteiger partial charge in [0.1, 0.15) is 11.6 Å². The summed E-state index contributed by atoms with van der Waals surface area (Å²) in [5.41, 5.74) is 0.899. The van der Waals surface area contributed by atoms with Gasteiger partial charge in [0, 0.05) is 23.8 Å². The highest BCUT2D eigenvalue weighted by Crippen LogP contribution is 2.15. The van der Waals surface area contributed by atoms with Crippen molar-refractivity contribution >= 4 is 10.8 Å². The standard InChI is InChI=1S/C16H19FN2O3S/c17-13-6-4-12(5-7-13)9-15-18-16(22-19-15)11-23(20)10-14-3-1-2-8-21-14/h4-7,14H,1-3,8-11H2/t14-,23+/m0/s1. The monoisotopic (exact) mass is 338 g/mol. The van der Waals surface area contributed by atoms with Crippen LogP contribution in [-0.2, 0) is 27.7 Å². The number of ether oxygens (including phenoxy) is 1. The Morgan fingerprint density at radius 1 is 1.26 bits per heavy atom. The van der Waals surface area contributed by atoms with Crippen molar-refractivity contribution < 1.29 is 17.9 Å². The summed E-state index contributed by atoms with van der Waals surface area (Å²) in [6.45, 7) is 0.754. The summed E-state index contributed by atoms with van der Waals surface area (Å²) in [6, 6.07) is 6.17. The van der Waals surface area contributed by atoms with Crippen LogP contribution in [0.4, 0.5) is 4.39 Å². The van der Waals surface area contributed by atoms with Crippen molar-refractivity contribution in [3.05, 3.63) is 47.4 Å². The third kappa shape index (κ3) is 4.94. The fourth-order valence-corrected chi connectivity index (χ4v) is 3.74. The van der Waals surface area contributed by atoms with Gasteiger partial charge in [0.25, 0.3) is 0 Å². The molecule has 124 valence electrons. The molecule has 0 spiro atoms. The summed E-state index contributed by atoms with van der Waals surface area (Å²) in [7, 11) is -1.08. The summed E-state index contributed by atoms with van der Waals surface area (Å²) < 4.78 is 35.8. The van der Waals surface area contributed by atoms with E-state index in [4.69, 9.17) is 9.26 Å². The Morgan fingerprint density at radius 3 is 2.83 bits per heavy atom. The molecule has 1 aromatic carbocycles. The lowest BCUT2D eigenvalue weighted by atomic mass is 10.1. The molecule has 5 nitrogen and oxygen atoms in total. The first-order valence-electron chi connectivity index (χ1n) is 7.71. The molecule has 1 aromatic heterocycles. The average Bonchev–Trinajstić information content (AvgIpc) is 2.97. The van der Waals surface area contributed by atoms with E-state index in [0.717, 1.165) is 31.4 Å². The molecule has 0 N–H and O–H groups in total. The summed E-state index contributed by atoms with van der Waals surface area (Å²) in [4.78, 5) is 4.26. The van der Waals surface area contributed by atoms with Gasteiger partial charge in [-0.05, 0) is 37.0 Å². The van der Waals surface area contributed by atoms with E-state index in [1.54, 1.807) is 12.1 Å². The summed E-state index contributed by atoms with van der Waals surface area (Å²) in [6.07, 6.45) is 3.71. The normalized spacial score (nSPS) is 19.6. The Morgan fingerprint density at radius 2 is 2.09 bits per heavy atom. The van der Waals surface area contributed by atoms with Gasteiger partial charge in [0.15, 0.2) is 5.82 Å². The third-order valence-corrected chi connectivity index (χ3v) is 5.03. The van der Waals surface area contributed by atoms with Crippen LogP contribution in [0.25, 0.3) is 0 Å². The maximum absolute atomic E-state index is 12.9. The summed E-state index contributed by atoms with van der Waals surface area (Å²) in [5.74, 6) is 1.36. The van der Waals surface area contributed by atoms with E-state index in [-0.39, 0.29) is 17.7 Å². The van der Waals surface area contributed by atoms with Gasteiger partial charge in [0.2, 0.25) is 5.89 Å². The number of nitrogens with zero attached hydrogens (tertiary/aromatic N) is 2. The molecule has 1 aliphatic heterocycles. The molecule has 0 bridgehead atoms. The molecular formula is C16H19FN2O3S. The molecule has 2 atom stereocenters. The summed E-state index contributed by atoms with van der Waals surface area (Å²) >= 11 is 0. The first-order chi connectivity index (χ1) is 11.2. The minimum Gasteiger partial charge on any atom is -0.377 e. The molecule has 23 heavy (non-hydrogen) atoms. The van der Waals surface area contributed by atoms with E-state index in [0.29, 0.717) is 23.9 Å². The predicted octanol–water partition coefficient (Wildman–Crippen LogP) is 2.62. The molecule has 0 aliphatic carbocycles. The highest BCUT2D eigenvalue weighted by atomic mass is 32.2. The van der Waals surface area contributed by atoms with Gasteiger partial charge >= 0.3 is 0 Å². The van der Waals surface area contributed by atoms with Gasteiger partial charge in [-0.1, -0.05) is 17.3 Å². The van der Waals surface area contributed by atoms with Crippen molar-refractivity contribution in [3.63, 3.8) is 0 Å². The van der Waals surface area contributed by atoms with Gasteiger partial charge in [0.05, 0.1) is 11.9 Å². The van der Waals surface area contributed by atoms with Crippen molar-refractivity contribution in [2.75, 3.05) is 12.4 Å². The van der Waals surface area contributed by atoms with E-state index in [1.807, 2.05) is 0 Å². The largest absolute Gasteiger partial charge is 0.377 e. The highest BCUT2D eigenvalue weighted by Gasteiger charge is 2.18. The molecule has 2 aromatic rings. The number of hydrogen-bond acceptors (Lipinski definition) is 5. The van der Waals surface area contributed by atoms with Gasteiger partial charge in [-0.3, -0.25) is 4.21 Å². The van der Waals surface area contributed by atoms with Crippen LogP contribution in [0.2, 0.25) is 0 Å². The molecule has 0 radical (unpaired) electrons. The van der Waals surface area contributed by atoms with Gasteiger partial charge < -0.3 is 9.26 Å².